The minimum Gasteiger partial charge on any atom is -0.496 e. The molecule has 0 saturated heterocycles. The molecule has 7 heteroatoms. The van der Waals surface area contributed by atoms with E-state index in [2.05, 4.69) is 9.97 Å². The van der Waals surface area contributed by atoms with Crippen molar-refractivity contribution in [3.63, 3.8) is 0 Å². The molecule has 3 nitrogen and oxygen atoms in total. The van der Waals surface area contributed by atoms with Crippen LogP contribution in [0.15, 0.2) is 29.6 Å². The number of ether oxygens (including phenoxy) is 1. The van der Waals surface area contributed by atoms with Gasteiger partial charge in [0, 0.05) is 16.3 Å². The third-order valence-electron chi connectivity index (χ3n) is 3.30. The van der Waals surface area contributed by atoms with Gasteiger partial charge in [-0.1, -0.05) is 6.07 Å². The van der Waals surface area contributed by atoms with Crippen LogP contribution in [0.5, 0.6) is 5.75 Å². The average molecular weight is 324 g/mol. The van der Waals surface area contributed by atoms with E-state index in [1.165, 1.54) is 0 Å². The lowest BCUT2D eigenvalue weighted by Gasteiger charge is -2.08. The second-order valence-electron chi connectivity index (χ2n) is 4.70. The van der Waals surface area contributed by atoms with Crippen LogP contribution in [-0.4, -0.2) is 17.1 Å². The smallest absolute Gasteiger partial charge is 0.434 e. The number of rotatable bonds is 2. The third-order valence-corrected chi connectivity index (χ3v) is 4.16. The van der Waals surface area contributed by atoms with Gasteiger partial charge in [-0.05, 0) is 25.1 Å². The Balaban J connectivity index is 2.12. The van der Waals surface area contributed by atoms with E-state index in [1.54, 1.807) is 13.2 Å². The number of aryl methyl sites for hydroxylation is 1. The normalized spacial score (nSPS) is 11.9. The summed E-state index contributed by atoms with van der Waals surface area (Å²) in [5.41, 5.74) is 1.07. The van der Waals surface area contributed by atoms with Crippen LogP contribution in [0.1, 0.15) is 11.3 Å². The summed E-state index contributed by atoms with van der Waals surface area (Å²) in [5, 5.41) is 2.14. The van der Waals surface area contributed by atoms with E-state index in [0.29, 0.717) is 17.0 Å². The van der Waals surface area contributed by atoms with Crippen LogP contribution in [0, 0.1) is 6.92 Å². The van der Waals surface area contributed by atoms with Gasteiger partial charge < -0.3 is 4.74 Å². The Morgan fingerprint density at radius 1 is 1.09 bits per heavy atom. The van der Waals surface area contributed by atoms with E-state index >= 15 is 0 Å². The van der Waals surface area contributed by atoms with Gasteiger partial charge >= 0.3 is 6.18 Å². The molecule has 22 heavy (non-hydrogen) atoms. The molecule has 0 radical (unpaired) electrons. The number of fused-ring (bicyclic) bond motifs is 1. The van der Waals surface area contributed by atoms with Crippen molar-refractivity contribution in [3.8, 4) is 16.5 Å². The summed E-state index contributed by atoms with van der Waals surface area (Å²) in [5.74, 6) is 0.687. The molecule has 0 bridgehead atoms. The number of hydrogen-bond acceptors (Lipinski definition) is 4. The van der Waals surface area contributed by atoms with E-state index in [1.807, 2.05) is 25.1 Å². The first-order valence-electron chi connectivity index (χ1n) is 6.37. The van der Waals surface area contributed by atoms with Crippen molar-refractivity contribution in [2.24, 2.45) is 0 Å². The molecule has 2 heterocycles. The summed E-state index contributed by atoms with van der Waals surface area (Å²) in [6.45, 7) is 1.86. The quantitative estimate of drug-likeness (QED) is 0.686. The summed E-state index contributed by atoms with van der Waals surface area (Å²) in [6, 6.07) is 7.19. The first-order valence-corrected chi connectivity index (χ1v) is 7.25. The largest absolute Gasteiger partial charge is 0.496 e. The fourth-order valence-corrected chi connectivity index (χ4v) is 2.97. The summed E-state index contributed by atoms with van der Waals surface area (Å²) >= 11 is 0.929. The highest BCUT2D eigenvalue weighted by Crippen LogP contribution is 2.34. The lowest BCUT2D eigenvalue weighted by atomic mass is 10.1. The SMILES string of the molecule is COc1ccc2ccc(-c3nc(C(F)(F)F)cs3)nc2c1C. The Hall–Kier alpha value is -2.15. The van der Waals surface area contributed by atoms with Gasteiger partial charge in [-0.15, -0.1) is 11.3 Å². The molecule has 3 rings (SSSR count). The van der Waals surface area contributed by atoms with E-state index in [-0.39, 0.29) is 5.01 Å². The van der Waals surface area contributed by atoms with Crippen LogP contribution in [-0.2, 0) is 6.18 Å². The van der Waals surface area contributed by atoms with Crippen molar-refractivity contribution >= 4 is 22.2 Å². The molecule has 1 aromatic carbocycles. The zero-order chi connectivity index (χ0) is 15.9. The molecule has 0 amide bonds. The number of hydrogen-bond donors (Lipinski definition) is 0. The van der Waals surface area contributed by atoms with Gasteiger partial charge in [-0.2, -0.15) is 13.2 Å². The van der Waals surface area contributed by atoms with Gasteiger partial charge in [0.2, 0.25) is 0 Å². The number of nitrogens with zero attached hydrogens (tertiary/aromatic N) is 2. The summed E-state index contributed by atoms with van der Waals surface area (Å²) in [7, 11) is 1.56. The standard InChI is InChI=1S/C15H11F3N2OS/c1-8-11(21-2)6-4-9-3-5-10(19-13(8)9)14-20-12(7-22-14)15(16,17)18/h3-7H,1-2H3. The Bertz CT molecular complexity index is 842. The fraction of sp³-hybridized carbons (Fsp3) is 0.200. The van der Waals surface area contributed by atoms with E-state index in [0.717, 1.165) is 27.7 Å². The zero-order valence-electron chi connectivity index (χ0n) is 11.7. The third kappa shape index (κ3) is 2.52. The van der Waals surface area contributed by atoms with Crippen molar-refractivity contribution in [2.45, 2.75) is 13.1 Å². The number of halogens is 3. The number of alkyl halides is 3. The molecule has 0 aliphatic rings. The van der Waals surface area contributed by atoms with Crippen molar-refractivity contribution in [1.29, 1.82) is 0 Å². The number of benzene rings is 1. The molecule has 0 atom stereocenters. The van der Waals surface area contributed by atoms with Crippen molar-refractivity contribution in [1.82, 2.24) is 9.97 Å². The lowest BCUT2D eigenvalue weighted by Crippen LogP contribution is -2.04. The van der Waals surface area contributed by atoms with Crippen molar-refractivity contribution < 1.29 is 17.9 Å². The van der Waals surface area contributed by atoms with Gasteiger partial charge in [0.1, 0.15) is 10.8 Å². The van der Waals surface area contributed by atoms with Crippen LogP contribution in [0.2, 0.25) is 0 Å². The molecule has 0 fully saturated rings. The maximum Gasteiger partial charge on any atom is 0.434 e. The van der Waals surface area contributed by atoms with Crippen LogP contribution in [0.4, 0.5) is 13.2 Å². The van der Waals surface area contributed by atoms with Crippen LogP contribution in [0.3, 0.4) is 0 Å². The molecular weight excluding hydrogens is 313 g/mol. The number of thiazole rings is 1. The second-order valence-corrected chi connectivity index (χ2v) is 5.55. The summed E-state index contributed by atoms with van der Waals surface area (Å²) < 4.78 is 43.2. The van der Waals surface area contributed by atoms with E-state index < -0.39 is 11.9 Å². The monoisotopic (exact) mass is 324 g/mol. The van der Waals surface area contributed by atoms with Crippen molar-refractivity contribution in [2.75, 3.05) is 7.11 Å². The van der Waals surface area contributed by atoms with Crippen molar-refractivity contribution in [3.05, 3.63) is 40.9 Å². The molecular formula is C15H11F3N2OS. The van der Waals surface area contributed by atoms with Gasteiger partial charge in [0.25, 0.3) is 0 Å². The number of methoxy groups -OCH3 is 1. The summed E-state index contributed by atoms with van der Waals surface area (Å²) in [4.78, 5) is 8.08. The predicted molar refractivity (Wildman–Crippen MR) is 79.1 cm³/mol. The maximum atomic E-state index is 12.6. The highest BCUT2D eigenvalue weighted by Gasteiger charge is 2.33. The molecule has 0 aliphatic carbocycles. The van der Waals surface area contributed by atoms with Crippen LogP contribution >= 0.6 is 11.3 Å². The second kappa shape index (κ2) is 5.24. The lowest BCUT2D eigenvalue weighted by molar-refractivity contribution is -0.140. The number of pyridine rings is 1. The minimum atomic E-state index is -4.44. The Kier molecular flexibility index (Phi) is 3.52. The Labute approximate surface area is 128 Å². The first-order chi connectivity index (χ1) is 10.4. The molecule has 2 aromatic heterocycles. The highest BCUT2D eigenvalue weighted by molar-refractivity contribution is 7.13. The zero-order valence-corrected chi connectivity index (χ0v) is 12.5. The van der Waals surface area contributed by atoms with Gasteiger partial charge in [-0.3, -0.25) is 0 Å². The van der Waals surface area contributed by atoms with Crippen LogP contribution < -0.4 is 4.74 Å². The Morgan fingerprint density at radius 3 is 2.45 bits per heavy atom. The summed E-state index contributed by atoms with van der Waals surface area (Å²) in [6.07, 6.45) is -4.44. The van der Waals surface area contributed by atoms with Crippen LogP contribution in [0.25, 0.3) is 21.6 Å². The highest BCUT2D eigenvalue weighted by atomic mass is 32.1. The molecule has 0 spiro atoms. The van der Waals surface area contributed by atoms with Gasteiger partial charge in [0.05, 0.1) is 18.3 Å². The predicted octanol–water partition coefficient (Wildman–Crippen LogP) is 4.69. The minimum absolute atomic E-state index is 0.247. The topological polar surface area (TPSA) is 35.0 Å². The number of aromatic nitrogens is 2. The fourth-order valence-electron chi connectivity index (χ4n) is 2.17. The molecule has 0 aliphatic heterocycles. The van der Waals surface area contributed by atoms with E-state index in [9.17, 15) is 13.2 Å². The molecule has 114 valence electrons. The van der Waals surface area contributed by atoms with E-state index in [4.69, 9.17) is 4.74 Å². The molecule has 0 saturated carbocycles. The first kappa shape index (κ1) is 14.8. The Morgan fingerprint density at radius 2 is 1.82 bits per heavy atom. The molecule has 3 aromatic rings. The van der Waals surface area contributed by atoms with Gasteiger partial charge in [0.15, 0.2) is 5.69 Å². The molecule has 0 unspecified atom stereocenters. The maximum absolute atomic E-state index is 12.6. The van der Waals surface area contributed by atoms with Gasteiger partial charge in [-0.25, -0.2) is 9.97 Å². The average Bonchev–Trinajstić information content (AvgIpc) is 2.97. The molecule has 0 N–H and O–H groups in total.